The number of likely N-dealkylation sites (N-methyl/N-ethyl adjacent to an activating group) is 1. The minimum atomic E-state index is -4.44. The summed E-state index contributed by atoms with van der Waals surface area (Å²) in [6.07, 6.45) is -0.911. The van der Waals surface area contributed by atoms with Gasteiger partial charge in [-0.1, -0.05) is 30.7 Å². The van der Waals surface area contributed by atoms with Crippen LogP contribution in [0.4, 0.5) is 19.0 Å². The van der Waals surface area contributed by atoms with Crippen molar-refractivity contribution in [2.75, 3.05) is 24.5 Å². The van der Waals surface area contributed by atoms with Crippen molar-refractivity contribution in [1.29, 1.82) is 0 Å². The molecule has 0 radical (unpaired) electrons. The van der Waals surface area contributed by atoms with E-state index in [-0.39, 0.29) is 23.2 Å². The maximum atomic E-state index is 13.5. The van der Waals surface area contributed by atoms with E-state index in [2.05, 4.69) is 10.2 Å². The average molecular weight is 627 g/mol. The van der Waals surface area contributed by atoms with E-state index in [0.717, 1.165) is 67.8 Å². The second-order valence-corrected chi connectivity index (χ2v) is 14.1. The van der Waals surface area contributed by atoms with Crippen LogP contribution >= 0.6 is 22.9 Å². The number of hydrogen-bond donors (Lipinski definition) is 1. The highest BCUT2D eigenvalue weighted by molar-refractivity contribution is 7.91. The standard InChI is InChI=1S/C28H30ClF3N4O3S2/c1-2-36(41(38,39)25-12-11-23(29)40-25)26(20-5-6-20)27(37)33-17-18-15-22(34-24(16-18)35-13-3-4-14-35)19-7-9-21(10-8-19)28(30,31)32/h7-12,15-16,20,26H,2-6,13-14,17H2,1H3,(H,33,37). The number of thiophene rings is 1. The van der Waals surface area contributed by atoms with Crippen molar-refractivity contribution >= 4 is 44.7 Å². The van der Waals surface area contributed by atoms with Gasteiger partial charge in [-0.25, -0.2) is 13.4 Å². The van der Waals surface area contributed by atoms with Gasteiger partial charge < -0.3 is 10.2 Å². The van der Waals surface area contributed by atoms with Gasteiger partial charge in [-0.15, -0.1) is 11.3 Å². The van der Waals surface area contributed by atoms with Gasteiger partial charge in [-0.2, -0.15) is 17.5 Å². The molecule has 2 aliphatic rings. The van der Waals surface area contributed by atoms with Crippen LogP contribution in [0, 0.1) is 5.92 Å². The first kappa shape index (κ1) is 29.8. The van der Waals surface area contributed by atoms with Crippen LogP contribution in [-0.2, 0) is 27.5 Å². The molecule has 13 heteroatoms. The molecule has 1 aliphatic carbocycles. The third-order valence-electron chi connectivity index (χ3n) is 7.35. The van der Waals surface area contributed by atoms with E-state index in [1.807, 2.05) is 6.07 Å². The molecule has 7 nitrogen and oxygen atoms in total. The Labute approximate surface area is 246 Å². The number of rotatable bonds is 10. The fourth-order valence-electron chi connectivity index (χ4n) is 5.11. The number of nitrogens with one attached hydrogen (secondary N) is 1. The summed E-state index contributed by atoms with van der Waals surface area (Å²) < 4.78 is 67.8. The predicted octanol–water partition coefficient (Wildman–Crippen LogP) is 6.19. The van der Waals surface area contributed by atoms with Gasteiger partial charge in [0.1, 0.15) is 16.1 Å². The number of benzene rings is 1. The van der Waals surface area contributed by atoms with E-state index in [1.54, 1.807) is 13.0 Å². The van der Waals surface area contributed by atoms with Crippen molar-refractivity contribution in [1.82, 2.24) is 14.6 Å². The number of nitrogens with zero attached hydrogens (tertiary/aromatic N) is 3. The summed E-state index contributed by atoms with van der Waals surface area (Å²) in [7, 11) is -3.93. The highest BCUT2D eigenvalue weighted by Crippen LogP contribution is 2.39. The van der Waals surface area contributed by atoms with Crippen LogP contribution < -0.4 is 10.2 Å². The Morgan fingerprint density at radius 1 is 1.15 bits per heavy atom. The molecule has 220 valence electrons. The Morgan fingerprint density at radius 2 is 1.83 bits per heavy atom. The first-order valence-electron chi connectivity index (χ1n) is 13.5. The van der Waals surface area contributed by atoms with E-state index in [0.29, 0.717) is 21.4 Å². The highest BCUT2D eigenvalue weighted by atomic mass is 35.5. The van der Waals surface area contributed by atoms with Crippen LogP contribution in [0.1, 0.15) is 43.7 Å². The Morgan fingerprint density at radius 3 is 2.39 bits per heavy atom. The van der Waals surface area contributed by atoms with Crippen molar-refractivity contribution in [3.63, 3.8) is 0 Å². The summed E-state index contributed by atoms with van der Waals surface area (Å²) in [5, 5.41) is 2.93. The van der Waals surface area contributed by atoms with E-state index >= 15 is 0 Å². The van der Waals surface area contributed by atoms with Crippen molar-refractivity contribution < 1.29 is 26.4 Å². The summed E-state index contributed by atoms with van der Waals surface area (Å²) in [6.45, 7) is 3.57. The van der Waals surface area contributed by atoms with Gasteiger partial charge >= 0.3 is 6.18 Å². The summed E-state index contributed by atoms with van der Waals surface area (Å²) in [5.41, 5.74) is 1.00. The lowest BCUT2D eigenvalue weighted by Gasteiger charge is -2.28. The quantitative estimate of drug-likeness (QED) is 0.290. The predicted molar refractivity (Wildman–Crippen MR) is 153 cm³/mol. The lowest BCUT2D eigenvalue weighted by molar-refractivity contribution is -0.137. The first-order valence-corrected chi connectivity index (χ1v) is 16.1. The van der Waals surface area contributed by atoms with Crippen molar-refractivity contribution in [2.24, 2.45) is 5.92 Å². The zero-order valence-electron chi connectivity index (χ0n) is 22.3. The fourth-order valence-corrected chi connectivity index (χ4v) is 8.38. The topological polar surface area (TPSA) is 82.6 Å². The van der Waals surface area contributed by atoms with E-state index < -0.39 is 33.7 Å². The van der Waals surface area contributed by atoms with E-state index in [4.69, 9.17) is 16.6 Å². The molecule has 5 rings (SSSR count). The second kappa shape index (κ2) is 11.9. The zero-order valence-corrected chi connectivity index (χ0v) is 24.7. The minimum absolute atomic E-state index is 0.0829. The molecule has 2 aromatic heterocycles. The average Bonchev–Trinajstić information content (AvgIpc) is 3.41. The highest BCUT2D eigenvalue weighted by Gasteiger charge is 2.45. The van der Waals surface area contributed by atoms with Crippen LogP contribution in [0.15, 0.2) is 52.7 Å². The van der Waals surface area contributed by atoms with Gasteiger partial charge in [0, 0.05) is 31.7 Å². The van der Waals surface area contributed by atoms with Crippen LogP contribution in [0.5, 0.6) is 0 Å². The van der Waals surface area contributed by atoms with Gasteiger partial charge in [0.15, 0.2) is 0 Å². The molecule has 1 saturated heterocycles. The maximum absolute atomic E-state index is 13.5. The van der Waals surface area contributed by atoms with E-state index in [9.17, 15) is 26.4 Å². The zero-order chi connectivity index (χ0) is 29.4. The molecule has 3 heterocycles. The summed E-state index contributed by atoms with van der Waals surface area (Å²) in [4.78, 5) is 20.4. The van der Waals surface area contributed by atoms with Gasteiger partial charge in [0.25, 0.3) is 10.0 Å². The molecule has 3 aromatic rings. The number of anilines is 1. The number of carbonyl (C=O) groups excluding carboxylic acids is 1. The number of alkyl halides is 3. The van der Waals surface area contributed by atoms with E-state index in [1.165, 1.54) is 28.6 Å². The molecule has 1 amide bonds. The SMILES string of the molecule is CCN(C(C(=O)NCc1cc(-c2ccc(C(F)(F)F)cc2)nc(N2CCCC2)c1)C1CC1)S(=O)(=O)c1ccc(Cl)s1. The molecule has 1 atom stereocenters. The lowest BCUT2D eigenvalue weighted by Crippen LogP contribution is -2.50. The molecule has 2 fully saturated rings. The van der Waals surface area contributed by atoms with Gasteiger partial charge in [-0.3, -0.25) is 4.79 Å². The maximum Gasteiger partial charge on any atom is 0.416 e. The molecule has 1 N–H and O–H groups in total. The van der Waals surface area contributed by atoms with Crippen molar-refractivity contribution in [2.45, 2.75) is 55.6 Å². The number of sulfonamides is 1. The van der Waals surface area contributed by atoms with Crippen LogP contribution in [0.3, 0.4) is 0 Å². The summed E-state index contributed by atoms with van der Waals surface area (Å²) in [6, 6.07) is 10.6. The minimum Gasteiger partial charge on any atom is -0.357 e. The van der Waals surface area contributed by atoms with Gasteiger partial charge in [-0.05, 0) is 73.6 Å². The third kappa shape index (κ3) is 6.71. The van der Waals surface area contributed by atoms with Gasteiger partial charge in [0.05, 0.1) is 15.6 Å². The number of amides is 1. The number of hydrogen-bond acceptors (Lipinski definition) is 6. The monoisotopic (exact) mass is 626 g/mol. The molecule has 0 spiro atoms. The second-order valence-electron chi connectivity index (χ2n) is 10.3. The molecule has 0 bridgehead atoms. The molecular weight excluding hydrogens is 597 g/mol. The Hall–Kier alpha value is -2.67. The molecule has 1 aliphatic heterocycles. The molecule has 1 aromatic carbocycles. The smallest absolute Gasteiger partial charge is 0.357 e. The first-order chi connectivity index (χ1) is 19.5. The number of pyridine rings is 1. The van der Waals surface area contributed by atoms with Crippen LogP contribution in [0.2, 0.25) is 4.34 Å². The normalized spacial score (nSPS) is 16.8. The lowest BCUT2D eigenvalue weighted by atomic mass is 10.1. The van der Waals surface area contributed by atoms with Gasteiger partial charge in [0.2, 0.25) is 5.91 Å². The number of aromatic nitrogens is 1. The Kier molecular flexibility index (Phi) is 8.66. The largest absolute Gasteiger partial charge is 0.416 e. The van der Waals surface area contributed by atoms with Crippen LogP contribution in [-0.4, -0.2) is 49.3 Å². The Bertz CT molecular complexity index is 1500. The number of halogens is 4. The van der Waals surface area contributed by atoms with Crippen molar-refractivity contribution in [3.05, 3.63) is 64.0 Å². The van der Waals surface area contributed by atoms with Crippen LogP contribution in [0.25, 0.3) is 11.3 Å². The fraction of sp³-hybridized carbons (Fsp3) is 0.429. The third-order valence-corrected chi connectivity index (χ3v) is 11.0. The Balaban J connectivity index is 1.39. The number of carbonyl (C=O) groups is 1. The molecule has 41 heavy (non-hydrogen) atoms. The molecule has 1 unspecified atom stereocenters. The molecule has 1 saturated carbocycles. The van der Waals surface area contributed by atoms with Crippen molar-refractivity contribution in [3.8, 4) is 11.3 Å². The summed E-state index contributed by atoms with van der Waals surface area (Å²) >= 11 is 6.95. The summed E-state index contributed by atoms with van der Waals surface area (Å²) in [5.74, 6) is 0.215. The molecular formula is C28H30ClF3N4O3S2.